The molecule has 0 aromatic rings. The molecule has 0 fully saturated rings. The number of aliphatic hydroxyl groups is 1. The predicted octanol–water partition coefficient (Wildman–Crippen LogP) is 4.81. The molecule has 0 rings (SSSR count). The first-order valence-corrected chi connectivity index (χ1v) is 10.7. The van der Waals surface area contributed by atoms with Crippen LogP contribution < -0.4 is 5.32 Å². The van der Waals surface area contributed by atoms with E-state index in [2.05, 4.69) is 12.2 Å². The third-order valence-corrected chi connectivity index (χ3v) is 4.82. The summed E-state index contributed by atoms with van der Waals surface area (Å²) in [5.41, 5.74) is 0. The van der Waals surface area contributed by atoms with Crippen LogP contribution in [0.15, 0.2) is 0 Å². The quantitative estimate of drug-likeness (QED) is 0.284. The van der Waals surface area contributed by atoms with Crippen molar-refractivity contribution in [2.75, 3.05) is 6.61 Å². The molecular weight excluding hydrogens is 330 g/mol. The van der Waals surface area contributed by atoms with Gasteiger partial charge in [-0.15, -0.1) is 0 Å². The Labute approximate surface area is 159 Å². The van der Waals surface area contributed by atoms with Gasteiger partial charge in [0.05, 0.1) is 6.61 Å². The van der Waals surface area contributed by atoms with E-state index < -0.39 is 18.6 Å². The summed E-state index contributed by atoms with van der Waals surface area (Å²) in [4.78, 5) is 22.3. The first-order valence-electron chi connectivity index (χ1n) is 10.7. The Hall–Kier alpha value is -1.10. The molecule has 3 N–H and O–H groups in total. The van der Waals surface area contributed by atoms with Crippen molar-refractivity contribution in [3.8, 4) is 0 Å². The number of amides is 1. The highest BCUT2D eigenvalue weighted by Gasteiger charge is 2.17. The van der Waals surface area contributed by atoms with Crippen LogP contribution in [0.3, 0.4) is 0 Å². The fourth-order valence-corrected chi connectivity index (χ4v) is 3.11. The Morgan fingerprint density at radius 2 is 1.12 bits per heavy atom. The number of nitrogens with one attached hydrogen (secondary N) is 1. The molecule has 0 bridgehead atoms. The van der Waals surface area contributed by atoms with Gasteiger partial charge < -0.3 is 15.5 Å². The van der Waals surface area contributed by atoms with Gasteiger partial charge in [-0.05, 0) is 6.42 Å². The Morgan fingerprint density at radius 3 is 1.46 bits per heavy atom. The number of unbranched alkanes of at least 4 members (excludes halogenated alkanes) is 14. The molecule has 0 aromatic heterocycles. The number of carbonyl (C=O) groups excluding carboxylic acids is 1. The van der Waals surface area contributed by atoms with E-state index in [1.807, 2.05) is 0 Å². The smallest absolute Gasteiger partial charge is 0.328 e. The zero-order valence-electron chi connectivity index (χ0n) is 16.8. The Morgan fingerprint density at radius 1 is 0.731 bits per heavy atom. The molecule has 0 unspecified atom stereocenters. The summed E-state index contributed by atoms with van der Waals surface area (Å²) in [6.07, 6.45) is 19.4. The third-order valence-electron chi connectivity index (χ3n) is 4.82. The summed E-state index contributed by atoms with van der Waals surface area (Å²) >= 11 is 0. The SMILES string of the molecule is CCCCCCCCCCCCCCCCCC(=O)N[C@@H](CO)C(=O)O. The van der Waals surface area contributed by atoms with Gasteiger partial charge in [-0.1, -0.05) is 96.8 Å². The largest absolute Gasteiger partial charge is 0.480 e. The van der Waals surface area contributed by atoms with E-state index in [1.165, 1.54) is 77.0 Å². The van der Waals surface area contributed by atoms with Crippen molar-refractivity contribution in [2.24, 2.45) is 0 Å². The Kier molecular flexibility index (Phi) is 17.9. The van der Waals surface area contributed by atoms with Crippen molar-refractivity contribution < 1.29 is 19.8 Å². The Balaban J connectivity index is 3.26. The van der Waals surface area contributed by atoms with Crippen molar-refractivity contribution in [3.63, 3.8) is 0 Å². The molecule has 0 aromatic carbocycles. The van der Waals surface area contributed by atoms with E-state index in [4.69, 9.17) is 10.2 Å². The maximum Gasteiger partial charge on any atom is 0.328 e. The minimum absolute atomic E-state index is 0.291. The molecule has 0 radical (unpaired) electrons. The maximum atomic E-state index is 11.6. The highest BCUT2D eigenvalue weighted by atomic mass is 16.4. The van der Waals surface area contributed by atoms with Crippen LogP contribution in [0.25, 0.3) is 0 Å². The van der Waals surface area contributed by atoms with Gasteiger partial charge in [0, 0.05) is 6.42 Å². The predicted molar refractivity (Wildman–Crippen MR) is 106 cm³/mol. The van der Waals surface area contributed by atoms with Crippen molar-refractivity contribution in [3.05, 3.63) is 0 Å². The minimum Gasteiger partial charge on any atom is -0.480 e. The van der Waals surface area contributed by atoms with E-state index in [0.29, 0.717) is 6.42 Å². The van der Waals surface area contributed by atoms with Gasteiger partial charge in [0.2, 0.25) is 5.91 Å². The number of carbonyl (C=O) groups is 2. The lowest BCUT2D eigenvalue weighted by Crippen LogP contribution is -2.43. The van der Waals surface area contributed by atoms with Gasteiger partial charge in [-0.3, -0.25) is 4.79 Å². The zero-order valence-corrected chi connectivity index (χ0v) is 16.8. The normalized spacial score (nSPS) is 12.1. The number of carboxylic acid groups (broad SMARTS) is 1. The number of hydrogen-bond donors (Lipinski definition) is 3. The molecule has 5 heteroatoms. The topological polar surface area (TPSA) is 86.6 Å². The van der Waals surface area contributed by atoms with Crippen LogP contribution in [0.2, 0.25) is 0 Å². The van der Waals surface area contributed by atoms with Gasteiger partial charge in [0.15, 0.2) is 0 Å². The number of hydrogen-bond acceptors (Lipinski definition) is 3. The molecule has 5 nitrogen and oxygen atoms in total. The molecule has 0 aliphatic heterocycles. The third kappa shape index (κ3) is 16.4. The molecule has 0 saturated carbocycles. The van der Waals surface area contributed by atoms with Gasteiger partial charge in [0.1, 0.15) is 6.04 Å². The molecule has 1 amide bonds. The summed E-state index contributed by atoms with van der Waals surface area (Å²) in [6.45, 7) is 1.69. The highest BCUT2D eigenvalue weighted by molar-refractivity contribution is 5.83. The van der Waals surface area contributed by atoms with Gasteiger partial charge in [-0.25, -0.2) is 4.79 Å². The summed E-state index contributed by atoms with van der Waals surface area (Å²) in [5.74, 6) is -1.49. The Bertz CT molecular complexity index is 347. The van der Waals surface area contributed by atoms with Crippen molar-refractivity contribution in [1.82, 2.24) is 5.32 Å². The van der Waals surface area contributed by atoms with E-state index in [1.54, 1.807) is 0 Å². The van der Waals surface area contributed by atoms with E-state index in [-0.39, 0.29) is 5.91 Å². The first-order chi connectivity index (χ1) is 12.6. The average Bonchev–Trinajstić information content (AvgIpc) is 2.62. The van der Waals surface area contributed by atoms with Crippen molar-refractivity contribution in [2.45, 2.75) is 116 Å². The molecule has 26 heavy (non-hydrogen) atoms. The second-order valence-corrected chi connectivity index (χ2v) is 7.34. The monoisotopic (exact) mass is 371 g/mol. The van der Waals surface area contributed by atoms with Crippen molar-refractivity contribution >= 4 is 11.9 Å². The molecule has 0 heterocycles. The van der Waals surface area contributed by atoms with Crippen LogP contribution in [0.5, 0.6) is 0 Å². The minimum atomic E-state index is -1.20. The number of aliphatic carboxylic acids is 1. The van der Waals surface area contributed by atoms with Crippen LogP contribution >= 0.6 is 0 Å². The molecule has 0 aliphatic carbocycles. The maximum absolute atomic E-state index is 11.6. The van der Waals surface area contributed by atoms with Gasteiger partial charge in [0.25, 0.3) is 0 Å². The van der Waals surface area contributed by atoms with Crippen LogP contribution in [0.4, 0.5) is 0 Å². The van der Waals surface area contributed by atoms with Gasteiger partial charge >= 0.3 is 5.97 Å². The summed E-state index contributed by atoms with van der Waals surface area (Å²) in [7, 11) is 0. The van der Waals surface area contributed by atoms with E-state index in [0.717, 1.165) is 19.3 Å². The molecule has 0 spiro atoms. The van der Waals surface area contributed by atoms with E-state index in [9.17, 15) is 9.59 Å². The average molecular weight is 372 g/mol. The lowest BCUT2D eigenvalue weighted by Gasteiger charge is -2.11. The molecule has 0 saturated heterocycles. The number of aliphatic hydroxyl groups excluding tert-OH is 1. The number of carboxylic acids is 1. The standard InChI is InChI=1S/C21H41NO4/c1-2-3-4-5-6-7-8-9-10-11-12-13-14-15-16-17-20(24)22-19(18-23)21(25)26/h19,23H,2-18H2,1H3,(H,22,24)(H,25,26)/t19-/m0/s1. The second-order valence-electron chi connectivity index (χ2n) is 7.34. The molecule has 154 valence electrons. The summed E-state index contributed by atoms with van der Waals surface area (Å²) < 4.78 is 0. The molecule has 0 aliphatic rings. The second kappa shape index (κ2) is 18.7. The van der Waals surface area contributed by atoms with Crippen LogP contribution in [0, 0.1) is 0 Å². The van der Waals surface area contributed by atoms with Gasteiger partial charge in [-0.2, -0.15) is 0 Å². The van der Waals surface area contributed by atoms with E-state index >= 15 is 0 Å². The highest BCUT2D eigenvalue weighted by Crippen LogP contribution is 2.13. The summed E-state index contributed by atoms with van der Waals surface area (Å²) in [6, 6.07) is -1.18. The fraction of sp³-hybridized carbons (Fsp3) is 0.905. The molecular formula is C21H41NO4. The fourth-order valence-electron chi connectivity index (χ4n) is 3.11. The lowest BCUT2D eigenvalue weighted by molar-refractivity contribution is -0.142. The van der Waals surface area contributed by atoms with Crippen LogP contribution in [0.1, 0.15) is 110 Å². The first kappa shape index (κ1) is 24.9. The van der Waals surface area contributed by atoms with Crippen LogP contribution in [-0.2, 0) is 9.59 Å². The van der Waals surface area contributed by atoms with Crippen LogP contribution in [-0.4, -0.2) is 34.7 Å². The lowest BCUT2D eigenvalue weighted by atomic mass is 10.0. The zero-order chi connectivity index (χ0) is 19.5. The molecule has 1 atom stereocenters. The summed E-state index contributed by atoms with van der Waals surface area (Å²) in [5, 5.41) is 19.9. The van der Waals surface area contributed by atoms with Crippen molar-refractivity contribution in [1.29, 1.82) is 0 Å². The number of rotatable bonds is 19.